The Morgan fingerprint density at radius 2 is 1.89 bits per heavy atom. The Morgan fingerprint density at radius 1 is 1.18 bits per heavy atom. The molecule has 0 aliphatic rings. The zero-order valence-electron chi connectivity index (χ0n) is 15.4. The number of halogens is 1. The van der Waals surface area contributed by atoms with E-state index in [0.717, 1.165) is 18.2 Å². The summed E-state index contributed by atoms with van der Waals surface area (Å²) >= 11 is 0. The van der Waals surface area contributed by atoms with E-state index in [1.807, 2.05) is 0 Å². The van der Waals surface area contributed by atoms with E-state index in [4.69, 9.17) is 9.47 Å². The summed E-state index contributed by atoms with van der Waals surface area (Å²) in [6.45, 7) is 3.20. The van der Waals surface area contributed by atoms with E-state index in [0.29, 0.717) is 0 Å². The maximum atomic E-state index is 14.0. The lowest BCUT2D eigenvalue weighted by atomic mass is 10.1. The van der Waals surface area contributed by atoms with Crippen molar-refractivity contribution in [3.8, 4) is 11.5 Å². The Kier molecular flexibility index (Phi) is 6.48. The molecule has 0 fully saturated rings. The van der Waals surface area contributed by atoms with Gasteiger partial charge in [-0.3, -0.25) is 19.7 Å². The molecule has 148 valence electrons. The minimum atomic E-state index is -0.924. The minimum absolute atomic E-state index is 0.104. The molecule has 2 N–H and O–H groups in total. The summed E-state index contributed by atoms with van der Waals surface area (Å²) < 4.78 is 24.4. The number of ether oxygens (including phenoxy) is 2. The highest BCUT2D eigenvalue weighted by Gasteiger charge is 2.25. The maximum Gasteiger partial charge on any atom is 0.286 e. The molecule has 2 rings (SSSR count). The molecule has 0 heterocycles. The maximum absolute atomic E-state index is 14.0. The van der Waals surface area contributed by atoms with Gasteiger partial charge in [0, 0.05) is 18.7 Å². The van der Waals surface area contributed by atoms with Crippen LogP contribution in [-0.2, 0) is 4.79 Å². The molecule has 0 bridgehead atoms. The van der Waals surface area contributed by atoms with Crippen molar-refractivity contribution in [2.45, 2.75) is 13.8 Å². The zero-order chi connectivity index (χ0) is 20.8. The van der Waals surface area contributed by atoms with Crippen LogP contribution in [0, 0.1) is 15.9 Å². The van der Waals surface area contributed by atoms with E-state index in [9.17, 15) is 24.1 Å². The summed E-state index contributed by atoms with van der Waals surface area (Å²) in [4.78, 5) is 34.4. The number of nitro groups is 1. The second-order valence-corrected chi connectivity index (χ2v) is 5.54. The van der Waals surface area contributed by atoms with Crippen molar-refractivity contribution >= 4 is 28.9 Å². The number of rotatable bonds is 7. The molecule has 0 spiro atoms. The highest BCUT2D eigenvalue weighted by atomic mass is 19.1. The number of nitrogens with zero attached hydrogens (tertiary/aromatic N) is 1. The summed E-state index contributed by atoms with van der Waals surface area (Å²) in [5.41, 5.74) is -0.865. The van der Waals surface area contributed by atoms with Gasteiger partial charge >= 0.3 is 0 Å². The molecule has 28 heavy (non-hydrogen) atoms. The SMILES string of the molecule is CCOc1cc([N+](=O)[O-])c(C(=O)Nc2cc(NC(C)=O)ccc2F)cc1OC. The first-order chi connectivity index (χ1) is 13.3. The molecule has 10 heteroatoms. The van der Waals surface area contributed by atoms with Crippen molar-refractivity contribution in [2.24, 2.45) is 0 Å². The van der Waals surface area contributed by atoms with Crippen LogP contribution in [0.15, 0.2) is 30.3 Å². The van der Waals surface area contributed by atoms with Crippen molar-refractivity contribution in [2.75, 3.05) is 24.4 Å². The Bertz CT molecular complexity index is 932. The van der Waals surface area contributed by atoms with E-state index < -0.39 is 22.3 Å². The molecule has 0 atom stereocenters. The quantitative estimate of drug-likeness (QED) is 0.552. The summed E-state index contributed by atoms with van der Waals surface area (Å²) in [6, 6.07) is 5.78. The average molecular weight is 391 g/mol. The Balaban J connectivity index is 2.43. The van der Waals surface area contributed by atoms with E-state index in [1.54, 1.807) is 6.92 Å². The fraction of sp³-hybridized carbons (Fsp3) is 0.222. The molecule has 2 aromatic rings. The lowest BCUT2D eigenvalue weighted by Crippen LogP contribution is -2.16. The first-order valence-corrected chi connectivity index (χ1v) is 8.14. The number of methoxy groups -OCH3 is 1. The normalized spacial score (nSPS) is 10.1. The van der Waals surface area contributed by atoms with Crippen molar-refractivity contribution in [3.05, 3.63) is 51.8 Å². The van der Waals surface area contributed by atoms with Crippen molar-refractivity contribution < 1.29 is 28.4 Å². The second-order valence-electron chi connectivity index (χ2n) is 5.54. The number of hydrogen-bond acceptors (Lipinski definition) is 6. The fourth-order valence-electron chi connectivity index (χ4n) is 2.40. The molecular weight excluding hydrogens is 373 g/mol. The van der Waals surface area contributed by atoms with Crippen LogP contribution in [0.5, 0.6) is 11.5 Å². The van der Waals surface area contributed by atoms with Gasteiger partial charge in [0.1, 0.15) is 11.4 Å². The van der Waals surface area contributed by atoms with Gasteiger partial charge in [-0.05, 0) is 25.1 Å². The van der Waals surface area contributed by atoms with Gasteiger partial charge in [0.05, 0.1) is 30.4 Å². The van der Waals surface area contributed by atoms with Crippen molar-refractivity contribution in [1.82, 2.24) is 0 Å². The van der Waals surface area contributed by atoms with Gasteiger partial charge in [-0.15, -0.1) is 0 Å². The zero-order valence-corrected chi connectivity index (χ0v) is 15.4. The number of benzene rings is 2. The Hall–Kier alpha value is -3.69. The van der Waals surface area contributed by atoms with E-state index in [1.165, 1.54) is 26.2 Å². The van der Waals surface area contributed by atoms with E-state index >= 15 is 0 Å². The Morgan fingerprint density at radius 3 is 2.46 bits per heavy atom. The van der Waals surface area contributed by atoms with E-state index in [2.05, 4.69) is 10.6 Å². The smallest absolute Gasteiger partial charge is 0.286 e. The fourth-order valence-corrected chi connectivity index (χ4v) is 2.40. The van der Waals surface area contributed by atoms with Crippen LogP contribution in [0.4, 0.5) is 21.5 Å². The van der Waals surface area contributed by atoms with Crippen LogP contribution in [0.25, 0.3) is 0 Å². The topological polar surface area (TPSA) is 120 Å². The van der Waals surface area contributed by atoms with Gasteiger partial charge in [0.15, 0.2) is 11.5 Å². The van der Waals surface area contributed by atoms with Gasteiger partial charge in [-0.2, -0.15) is 0 Å². The Labute approximate surface area is 159 Å². The summed E-state index contributed by atoms with van der Waals surface area (Å²) in [7, 11) is 1.32. The lowest BCUT2D eigenvalue weighted by molar-refractivity contribution is -0.385. The molecule has 0 saturated heterocycles. The molecule has 0 radical (unpaired) electrons. The van der Waals surface area contributed by atoms with Crippen LogP contribution >= 0.6 is 0 Å². The van der Waals surface area contributed by atoms with Crippen LogP contribution in [-0.4, -0.2) is 30.5 Å². The van der Waals surface area contributed by atoms with Gasteiger partial charge < -0.3 is 20.1 Å². The summed E-state index contributed by atoms with van der Waals surface area (Å²) in [5, 5.41) is 16.1. The lowest BCUT2D eigenvalue weighted by Gasteiger charge is -2.13. The predicted octanol–water partition coefficient (Wildman–Crippen LogP) is 3.35. The summed E-state index contributed by atoms with van der Waals surface area (Å²) in [6.07, 6.45) is 0. The first-order valence-electron chi connectivity index (χ1n) is 8.14. The molecule has 2 aromatic carbocycles. The molecule has 0 aliphatic carbocycles. The number of amides is 2. The second kappa shape index (κ2) is 8.80. The van der Waals surface area contributed by atoms with Crippen molar-refractivity contribution in [1.29, 1.82) is 0 Å². The van der Waals surface area contributed by atoms with Crippen LogP contribution in [0.1, 0.15) is 24.2 Å². The number of carbonyl (C=O) groups is 2. The van der Waals surface area contributed by atoms with Gasteiger partial charge in [-0.25, -0.2) is 4.39 Å². The number of hydrogen-bond donors (Lipinski definition) is 2. The third-order valence-electron chi connectivity index (χ3n) is 3.56. The third kappa shape index (κ3) is 4.72. The molecule has 2 amide bonds. The first kappa shape index (κ1) is 20.6. The van der Waals surface area contributed by atoms with E-state index in [-0.39, 0.29) is 41.0 Å². The molecule has 0 aromatic heterocycles. The monoisotopic (exact) mass is 391 g/mol. The highest BCUT2D eigenvalue weighted by molar-refractivity contribution is 6.08. The molecule has 0 saturated carbocycles. The highest BCUT2D eigenvalue weighted by Crippen LogP contribution is 2.35. The third-order valence-corrected chi connectivity index (χ3v) is 3.56. The number of carbonyl (C=O) groups excluding carboxylic acids is 2. The van der Waals surface area contributed by atoms with Crippen molar-refractivity contribution in [3.63, 3.8) is 0 Å². The van der Waals surface area contributed by atoms with Gasteiger partial charge in [0.2, 0.25) is 5.91 Å². The molecule has 9 nitrogen and oxygen atoms in total. The summed E-state index contributed by atoms with van der Waals surface area (Å²) in [5.74, 6) is -1.86. The van der Waals surface area contributed by atoms with Crippen LogP contribution < -0.4 is 20.1 Å². The van der Waals surface area contributed by atoms with Crippen LogP contribution in [0.2, 0.25) is 0 Å². The number of nitrogens with one attached hydrogen (secondary N) is 2. The minimum Gasteiger partial charge on any atom is -0.493 e. The molecule has 0 aliphatic heterocycles. The van der Waals surface area contributed by atoms with Gasteiger partial charge in [-0.1, -0.05) is 0 Å². The standard InChI is InChI=1S/C18H18FN3O6/c1-4-28-17-9-15(22(25)26)12(8-16(17)27-3)18(24)21-14-7-11(20-10(2)23)5-6-13(14)19/h5-9H,4H2,1-3H3,(H,20,23)(H,21,24). The number of nitro benzene ring substituents is 1. The number of anilines is 2. The molecule has 0 unspecified atom stereocenters. The van der Waals surface area contributed by atoms with Crippen LogP contribution in [0.3, 0.4) is 0 Å². The predicted molar refractivity (Wildman–Crippen MR) is 99.5 cm³/mol. The van der Waals surface area contributed by atoms with Gasteiger partial charge in [0.25, 0.3) is 11.6 Å². The largest absolute Gasteiger partial charge is 0.493 e. The average Bonchev–Trinajstić information content (AvgIpc) is 2.63. The molecular formula is C18H18FN3O6.